The summed E-state index contributed by atoms with van der Waals surface area (Å²) >= 11 is 0. The van der Waals surface area contributed by atoms with Gasteiger partial charge in [-0.3, -0.25) is 0 Å². The lowest BCUT2D eigenvalue weighted by Gasteiger charge is -2.40. The fourth-order valence-electron chi connectivity index (χ4n) is 3.44. The van der Waals surface area contributed by atoms with Gasteiger partial charge in [-0.2, -0.15) is 0 Å². The van der Waals surface area contributed by atoms with E-state index in [1.807, 2.05) is 0 Å². The molecule has 1 aromatic carbocycles. The van der Waals surface area contributed by atoms with Gasteiger partial charge in [-0.1, -0.05) is 39.8 Å². The molecule has 1 aliphatic rings. The van der Waals surface area contributed by atoms with E-state index in [1.165, 1.54) is 42.7 Å². The topological polar surface area (TPSA) is 15.3 Å². The van der Waals surface area contributed by atoms with Crippen molar-refractivity contribution < 1.29 is 0 Å². The highest BCUT2D eigenvalue weighted by Gasteiger charge is 2.29. The Balaban J connectivity index is 2.00. The molecule has 21 heavy (non-hydrogen) atoms. The van der Waals surface area contributed by atoms with Crippen LogP contribution in [0.5, 0.6) is 0 Å². The van der Waals surface area contributed by atoms with Gasteiger partial charge in [0.25, 0.3) is 0 Å². The third-order valence-corrected chi connectivity index (χ3v) is 4.90. The molecule has 0 saturated carbocycles. The summed E-state index contributed by atoms with van der Waals surface area (Å²) in [5.41, 5.74) is 4.70. The van der Waals surface area contributed by atoms with E-state index < -0.39 is 0 Å². The second-order valence-electron chi connectivity index (χ2n) is 7.53. The highest BCUT2D eigenvalue weighted by atomic mass is 15.1. The van der Waals surface area contributed by atoms with Gasteiger partial charge in [-0.05, 0) is 54.8 Å². The Morgan fingerprint density at radius 1 is 1.19 bits per heavy atom. The molecule has 1 fully saturated rings. The van der Waals surface area contributed by atoms with Gasteiger partial charge >= 0.3 is 0 Å². The van der Waals surface area contributed by atoms with Crippen LogP contribution in [0.15, 0.2) is 18.2 Å². The number of nitrogens with one attached hydrogen (secondary N) is 1. The van der Waals surface area contributed by atoms with E-state index >= 15 is 0 Å². The first kappa shape index (κ1) is 16.4. The summed E-state index contributed by atoms with van der Waals surface area (Å²) in [6, 6.07) is 6.94. The van der Waals surface area contributed by atoms with Crippen LogP contribution in [0.1, 0.15) is 51.7 Å². The molecule has 0 amide bonds. The van der Waals surface area contributed by atoms with Gasteiger partial charge in [0.05, 0.1) is 0 Å². The standard InChI is InChI=1S/C19H32N2/c1-6-20-14-16-7-8-18(15(2)13-16)21-11-9-17(10-12-21)19(3,4)5/h7-8,13,17,20H,6,9-12,14H2,1-5H3. The van der Waals surface area contributed by atoms with Crippen molar-refractivity contribution in [3.63, 3.8) is 0 Å². The molecule has 0 spiro atoms. The monoisotopic (exact) mass is 288 g/mol. The molecule has 1 aliphatic heterocycles. The quantitative estimate of drug-likeness (QED) is 0.885. The first-order valence-corrected chi connectivity index (χ1v) is 8.47. The SMILES string of the molecule is CCNCc1ccc(N2CCC(C(C)(C)C)CC2)c(C)c1. The maximum absolute atomic E-state index is 3.40. The van der Waals surface area contributed by atoms with Gasteiger partial charge in [0.1, 0.15) is 0 Å². The number of hydrogen-bond donors (Lipinski definition) is 1. The van der Waals surface area contributed by atoms with Crippen molar-refractivity contribution in [1.29, 1.82) is 0 Å². The molecule has 2 nitrogen and oxygen atoms in total. The Labute approximate surface area is 130 Å². The summed E-state index contributed by atoms with van der Waals surface area (Å²) in [4.78, 5) is 2.58. The molecule has 2 rings (SSSR count). The molecule has 0 bridgehead atoms. The number of anilines is 1. The van der Waals surface area contributed by atoms with Gasteiger partial charge in [-0.15, -0.1) is 0 Å². The average Bonchev–Trinajstić information content (AvgIpc) is 2.44. The second-order valence-corrected chi connectivity index (χ2v) is 7.53. The molecule has 0 aliphatic carbocycles. The normalized spacial score (nSPS) is 17.3. The maximum Gasteiger partial charge on any atom is 0.0396 e. The summed E-state index contributed by atoms with van der Waals surface area (Å²) in [5, 5.41) is 3.40. The smallest absolute Gasteiger partial charge is 0.0396 e. The predicted octanol–water partition coefficient (Wildman–Crippen LogP) is 4.37. The van der Waals surface area contributed by atoms with Crippen molar-refractivity contribution in [2.45, 2.75) is 54.0 Å². The summed E-state index contributed by atoms with van der Waals surface area (Å²) in [5.74, 6) is 0.863. The lowest BCUT2D eigenvalue weighted by Crippen LogP contribution is -2.38. The van der Waals surface area contributed by atoms with E-state index in [0.717, 1.165) is 19.0 Å². The Morgan fingerprint density at radius 2 is 1.86 bits per heavy atom. The number of aryl methyl sites for hydroxylation is 1. The fraction of sp³-hybridized carbons (Fsp3) is 0.684. The Morgan fingerprint density at radius 3 is 2.38 bits per heavy atom. The maximum atomic E-state index is 3.40. The van der Waals surface area contributed by atoms with E-state index in [9.17, 15) is 0 Å². The zero-order valence-corrected chi connectivity index (χ0v) is 14.5. The van der Waals surface area contributed by atoms with Crippen molar-refractivity contribution in [1.82, 2.24) is 5.32 Å². The summed E-state index contributed by atoms with van der Waals surface area (Å²) < 4.78 is 0. The van der Waals surface area contributed by atoms with Gasteiger partial charge in [-0.25, -0.2) is 0 Å². The highest BCUT2D eigenvalue weighted by molar-refractivity contribution is 5.54. The Kier molecular flexibility index (Phi) is 5.32. The van der Waals surface area contributed by atoms with Gasteiger partial charge in [0.15, 0.2) is 0 Å². The van der Waals surface area contributed by atoms with Crippen molar-refractivity contribution in [2.24, 2.45) is 11.3 Å². The zero-order chi connectivity index (χ0) is 15.5. The van der Waals surface area contributed by atoms with Crippen LogP contribution in [0.2, 0.25) is 0 Å². The molecule has 0 unspecified atom stereocenters. The van der Waals surface area contributed by atoms with Crippen LogP contribution >= 0.6 is 0 Å². The molecule has 0 atom stereocenters. The van der Waals surface area contributed by atoms with Crippen LogP contribution in [0, 0.1) is 18.3 Å². The van der Waals surface area contributed by atoms with Crippen molar-refractivity contribution in [3.05, 3.63) is 29.3 Å². The molecule has 1 heterocycles. The molecule has 0 radical (unpaired) electrons. The fourth-order valence-corrected chi connectivity index (χ4v) is 3.44. The van der Waals surface area contributed by atoms with Crippen LogP contribution in [0.3, 0.4) is 0 Å². The Hall–Kier alpha value is -1.02. The second kappa shape index (κ2) is 6.83. The minimum Gasteiger partial charge on any atom is -0.371 e. The molecule has 118 valence electrons. The van der Waals surface area contributed by atoms with Gasteiger partial charge in [0.2, 0.25) is 0 Å². The summed E-state index contributed by atoms with van der Waals surface area (Å²) in [7, 11) is 0. The molecule has 1 N–H and O–H groups in total. The lowest BCUT2D eigenvalue weighted by molar-refractivity contribution is 0.199. The largest absolute Gasteiger partial charge is 0.371 e. The molecule has 1 aromatic rings. The molecule has 1 saturated heterocycles. The minimum atomic E-state index is 0.455. The number of piperidine rings is 1. The number of rotatable bonds is 4. The zero-order valence-electron chi connectivity index (χ0n) is 14.5. The van der Waals surface area contributed by atoms with Crippen LogP contribution in [-0.4, -0.2) is 19.6 Å². The van der Waals surface area contributed by atoms with Crippen LogP contribution in [0.4, 0.5) is 5.69 Å². The Bertz CT molecular complexity index is 451. The van der Waals surface area contributed by atoms with E-state index in [0.29, 0.717) is 5.41 Å². The molecule has 2 heteroatoms. The summed E-state index contributed by atoms with van der Waals surface area (Å²) in [6.45, 7) is 16.0. The highest BCUT2D eigenvalue weighted by Crippen LogP contribution is 2.36. The van der Waals surface area contributed by atoms with Crippen LogP contribution in [0.25, 0.3) is 0 Å². The van der Waals surface area contributed by atoms with E-state index in [4.69, 9.17) is 0 Å². The van der Waals surface area contributed by atoms with E-state index in [2.05, 4.69) is 63.0 Å². The van der Waals surface area contributed by atoms with Crippen LogP contribution < -0.4 is 10.2 Å². The third kappa shape index (κ3) is 4.23. The van der Waals surface area contributed by atoms with Crippen LogP contribution in [-0.2, 0) is 6.54 Å². The molecular weight excluding hydrogens is 256 g/mol. The van der Waals surface area contributed by atoms with Gasteiger partial charge in [0, 0.05) is 25.3 Å². The molecular formula is C19H32N2. The van der Waals surface area contributed by atoms with Crippen molar-refractivity contribution in [3.8, 4) is 0 Å². The number of hydrogen-bond acceptors (Lipinski definition) is 2. The number of benzene rings is 1. The lowest BCUT2D eigenvalue weighted by atomic mass is 9.75. The summed E-state index contributed by atoms with van der Waals surface area (Å²) in [6.07, 6.45) is 2.64. The molecule has 0 aromatic heterocycles. The first-order chi connectivity index (χ1) is 9.91. The number of nitrogens with zero attached hydrogens (tertiary/aromatic N) is 1. The predicted molar refractivity (Wildman–Crippen MR) is 93.0 cm³/mol. The van der Waals surface area contributed by atoms with Gasteiger partial charge < -0.3 is 10.2 Å². The van der Waals surface area contributed by atoms with Crippen molar-refractivity contribution in [2.75, 3.05) is 24.5 Å². The third-order valence-electron chi connectivity index (χ3n) is 4.90. The van der Waals surface area contributed by atoms with Crippen molar-refractivity contribution >= 4 is 5.69 Å². The minimum absolute atomic E-state index is 0.455. The van der Waals surface area contributed by atoms with E-state index in [1.54, 1.807) is 0 Å². The van der Waals surface area contributed by atoms with E-state index in [-0.39, 0.29) is 0 Å². The average molecular weight is 288 g/mol. The first-order valence-electron chi connectivity index (χ1n) is 8.47.